The summed E-state index contributed by atoms with van der Waals surface area (Å²) in [5.41, 5.74) is 5.07. The van der Waals surface area contributed by atoms with E-state index >= 15 is 0 Å². The van der Waals surface area contributed by atoms with Crippen LogP contribution in [0.3, 0.4) is 0 Å². The lowest BCUT2D eigenvalue weighted by Gasteiger charge is -2.15. The molecule has 0 bridgehead atoms. The molecule has 0 unspecified atom stereocenters. The van der Waals surface area contributed by atoms with Gasteiger partial charge in [0.2, 0.25) is 0 Å². The van der Waals surface area contributed by atoms with E-state index < -0.39 is 20.0 Å². The Morgan fingerprint density at radius 2 is 1.36 bits per heavy atom. The number of aromatic hydroxyl groups is 1. The second-order valence-corrected chi connectivity index (χ2v) is 7.58. The Hall–Kier alpha value is -0.500. The number of benzene rings is 1. The number of nitrogens with two attached hydrogens (primary N) is 1. The van der Waals surface area contributed by atoms with Crippen LogP contribution in [0.5, 0.6) is 5.75 Å². The number of carbonyl (C=O) groups excluding carboxylic acids is 2. The maximum absolute atomic E-state index is 10.5. The summed E-state index contributed by atoms with van der Waals surface area (Å²) in [6.07, 6.45) is -1.41. The molecule has 0 saturated carbocycles. The highest BCUT2D eigenvalue weighted by Crippen LogP contribution is 2.32. The van der Waals surface area contributed by atoms with Gasteiger partial charge in [0.25, 0.3) is 5.91 Å². The predicted octanol–water partition coefficient (Wildman–Crippen LogP) is 4.29. The van der Waals surface area contributed by atoms with E-state index in [9.17, 15) is 9.59 Å². The molecule has 124 valence electrons. The topological polar surface area (TPSA) is 98.9 Å². The first-order chi connectivity index (χ1) is 9.82. The Bertz CT molecular complexity index is 509. The molecule has 0 aliphatic heterocycles. The van der Waals surface area contributed by atoms with E-state index in [1.807, 2.05) is 0 Å². The zero-order valence-electron chi connectivity index (χ0n) is 10.2. The van der Waals surface area contributed by atoms with Gasteiger partial charge in [0, 0.05) is 0 Å². The Kier molecular flexibility index (Phi) is 8.75. The summed E-state index contributed by atoms with van der Waals surface area (Å²) in [5, 5.41) is 8.98. The van der Waals surface area contributed by atoms with Crippen molar-refractivity contribution in [1.29, 1.82) is 0 Å². The van der Waals surface area contributed by atoms with E-state index in [1.54, 1.807) is 12.1 Å². The van der Waals surface area contributed by atoms with Crippen LogP contribution >= 0.6 is 69.6 Å². The van der Waals surface area contributed by atoms with Crippen LogP contribution in [0.25, 0.3) is 0 Å². The van der Waals surface area contributed by atoms with Gasteiger partial charge in [-0.1, -0.05) is 12.1 Å². The van der Waals surface area contributed by atoms with Crippen LogP contribution in [-0.4, -0.2) is 25.1 Å². The summed E-state index contributed by atoms with van der Waals surface area (Å²) in [5.74, 6) is -0.687. The second kappa shape index (κ2) is 8.96. The third-order valence-electron chi connectivity index (χ3n) is 1.57. The molecule has 6 nitrogen and oxygen atoms in total. The minimum absolute atomic E-state index is 0.0741. The highest BCUT2D eigenvalue weighted by molar-refractivity contribution is 6.67. The van der Waals surface area contributed by atoms with Crippen LogP contribution in [0, 0.1) is 0 Å². The summed E-state index contributed by atoms with van der Waals surface area (Å²) in [6, 6.07) is 6.15. The summed E-state index contributed by atoms with van der Waals surface area (Å²) in [7, 11) is 0. The van der Waals surface area contributed by atoms with Crippen molar-refractivity contribution in [2.75, 3.05) is 0 Å². The number of hydrogen-bond acceptors (Lipinski definition) is 5. The molecular formula is C10H7Cl6NO5. The molecule has 0 aromatic heterocycles. The van der Waals surface area contributed by atoms with Crippen LogP contribution in [0.2, 0.25) is 0 Å². The maximum atomic E-state index is 10.5. The Balaban J connectivity index is 0.000000406. The van der Waals surface area contributed by atoms with Gasteiger partial charge in [0.05, 0.1) is 5.56 Å². The van der Waals surface area contributed by atoms with Crippen LogP contribution in [0.15, 0.2) is 24.3 Å². The number of ether oxygens (including phenoxy) is 2. The summed E-state index contributed by atoms with van der Waals surface area (Å²) >= 11 is 30.2. The Morgan fingerprint density at radius 3 is 1.64 bits per heavy atom. The SMILES string of the molecule is NC(=O)c1ccccc1O.O=C(OC(Cl)(Cl)Cl)OC(Cl)(Cl)Cl. The Labute approximate surface area is 154 Å². The van der Waals surface area contributed by atoms with Gasteiger partial charge in [-0.3, -0.25) is 4.79 Å². The number of halogens is 6. The lowest BCUT2D eigenvalue weighted by atomic mass is 10.2. The number of amides is 1. The minimum Gasteiger partial charge on any atom is -0.507 e. The molecular weight excluding hydrogens is 427 g/mol. The third-order valence-corrected chi connectivity index (χ3v) is 2.03. The maximum Gasteiger partial charge on any atom is 0.515 e. The van der Waals surface area contributed by atoms with E-state index in [4.69, 9.17) is 80.4 Å². The van der Waals surface area contributed by atoms with Gasteiger partial charge < -0.3 is 20.3 Å². The summed E-state index contributed by atoms with van der Waals surface area (Å²) in [4.78, 5) is 21.0. The molecule has 22 heavy (non-hydrogen) atoms. The molecule has 1 aromatic rings. The number of primary amides is 1. The van der Waals surface area contributed by atoms with Crippen molar-refractivity contribution in [2.24, 2.45) is 5.73 Å². The van der Waals surface area contributed by atoms with Crippen molar-refractivity contribution in [3.8, 4) is 5.75 Å². The van der Waals surface area contributed by atoms with Crippen molar-refractivity contribution in [1.82, 2.24) is 0 Å². The van der Waals surface area contributed by atoms with Crippen molar-refractivity contribution in [3.05, 3.63) is 29.8 Å². The quantitative estimate of drug-likeness (QED) is 0.508. The van der Waals surface area contributed by atoms with Crippen LogP contribution in [0.1, 0.15) is 10.4 Å². The minimum atomic E-state index is -2.24. The molecule has 1 rings (SSSR count). The highest BCUT2D eigenvalue weighted by atomic mass is 35.6. The molecule has 0 heterocycles. The molecule has 1 aromatic carbocycles. The normalized spacial score (nSPS) is 11.0. The predicted molar refractivity (Wildman–Crippen MR) is 84.8 cm³/mol. The van der Waals surface area contributed by atoms with Crippen LogP contribution < -0.4 is 5.73 Å². The molecule has 3 N–H and O–H groups in total. The second-order valence-electron chi connectivity index (χ2n) is 3.23. The van der Waals surface area contributed by atoms with E-state index in [-0.39, 0.29) is 11.3 Å². The van der Waals surface area contributed by atoms with E-state index in [0.717, 1.165) is 0 Å². The van der Waals surface area contributed by atoms with E-state index in [2.05, 4.69) is 9.47 Å². The number of para-hydroxylation sites is 1. The molecule has 12 heteroatoms. The number of carbonyl (C=O) groups is 2. The number of rotatable bonds is 1. The van der Waals surface area contributed by atoms with Crippen molar-refractivity contribution in [3.63, 3.8) is 0 Å². The zero-order chi connectivity index (χ0) is 17.6. The van der Waals surface area contributed by atoms with Crippen LogP contribution in [0.4, 0.5) is 4.79 Å². The fourth-order valence-electron chi connectivity index (χ4n) is 0.892. The van der Waals surface area contributed by atoms with Gasteiger partial charge in [-0.25, -0.2) is 4.79 Å². The summed E-state index contributed by atoms with van der Waals surface area (Å²) < 4.78 is 3.50. The molecule has 0 aliphatic carbocycles. The Morgan fingerprint density at radius 1 is 0.955 bits per heavy atom. The van der Waals surface area contributed by atoms with Crippen LogP contribution in [-0.2, 0) is 9.47 Å². The molecule has 0 aliphatic rings. The first kappa shape index (κ1) is 21.5. The van der Waals surface area contributed by atoms with E-state index in [0.29, 0.717) is 0 Å². The fourth-order valence-corrected chi connectivity index (χ4v) is 1.27. The molecule has 1 amide bonds. The number of alkyl halides is 6. The molecule has 0 spiro atoms. The van der Waals surface area contributed by atoms with Gasteiger partial charge in [-0.2, -0.15) is 0 Å². The molecule has 0 atom stereocenters. The van der Waals surface area contributed by atoms with Gasteiger partial charge in [0.15, 0.2) is 0 Å². The monoisotopic (exact) mass is 431 g/mol. The first-order valence-electron chi connectivity index (χ1n) is 4.95. The molecule has 0 saturated heterocycles. The standard InChI is InChI=1S/C7H7NO2.C3Cl6O3/c8-7(10)5-3-1-2-4-6(5)9;4-2(5,6)11-1(10)12-3(7,8)9/h1-4,9H,(H2,8,10);. The first-order valence-corrected chi connectivity index (χ1v) is 7.22. The average Bonchev–Trinajstić information content (AvgIpc) is 2.24. The third kappa shape index (κ3) is 11.1. The highest BCUT2D eigenvalue weighted by Gasteiger charge is 2.32. The molecule has 0 radical (unpaired) electrons. The fraction of sp³-hybridized carbons (Fsp3) is 0.200. The number of hydrogen-bond donors (Lipinski definition) is 2. The van der Waals surface area contributed by atoms with Gasteiger partial charge in [-0.15, -0.1) is 0 Å². The summed E-state index contributed by atoms with van der Waals surface area (Å²) in [6.45, 7) is 0. The zero-order valence-corrected chi connectivity index (χ0v) is 14.8. The molecule has 0 fully saturated rings. The lowest BCUT2D eigenvalue weighted by Crippen LogP contribution is -2.22. The van der Waals surface area contributed by atoms with Crippen molar-refractivity contribution in [2.45, 2.75) is 7.96 Å². The van der Waals surface area contributed by atoms with E-state index in [1.165, 1.54) is 12.1 Å². The van der Waals surface area contributed by atoms with Gasteiger partial charge >= 0.3 is 14.1 Å². The van der Waals surface area contributed by atoms with Gasteiger partial charge in [0.1, 0.15) is 5.75 Å². The average molecular weight is 434 g/mol. The van der Waals surface area contributed by atoms with Gasteiger partial charge in [-0.05, 0) is 81.7 Å². The number of phenols is 1. The van der Waals surface area contributed by atoms with Crippen molar-refractivity contribution >= 4 is 81.7 Å². The smallest absolute Gasteiger partial charge is 0.507 e. The largest absolute Gasteiger partial charge is 0.515 e. The van der Waals surface area contributed by atoms with Crippen molar-refractivity contribution < 1.29 is 24.2 Å². The lowest BCUT2D eigenvalue weighted by molar-refractivity contribution is 0.0508.